The highest BCUT2D eigenvalue weighted by Gasteiger charge is 2.56. The van der Waals surface area contributed by atoms with E-state index in [2.05, 4.69) is 277 Å². The van der Waals surface area contributed by atoms with Crippen LogP contribution in [0.4, 0.5) is 34.1 Å². The number of nitrogens with zero attached hydrogens (tertiary/aromatic N) is 2. The quantitative estimate of drug-likeness (QED) is 0.164. The molecule has 12 aromatic rings. The monoisotopic (exact) mass is 912 g/mol. The first-order chi connectivity index (χ1) is 35.7. The molecule has 0 radical (unpaired) electrons. The molecule has 0 heterocycles. The molecule has 0 aliphatic heterocycles. The maximum Gasteiger partial charge on any atom is 0.0726 e. The van der Waals surface area contributed by atoms with Gasteiger partial charge in [0.1, 0.15) is 0 Å². The van der Waals surface area contributed by atoms with Gasteiger partial charge >= 0.3 is 0 Å². The minimum absolute atomic E-state index is 0.637. The first kappa shape index (κ1) is 39.6. The molecule has 2 heteroatoms. The van der Waals surface area contributed by atoms with Gasteiger partial charge in [0, 0.05) is 34.1 Å². The molecule has 0 unspecified atom stereocenters. The van der Waals surface area contributed by atoms with Crippen molar-refractivity contribution in [3.8, 4) is 33.4 Å². The normalized spacial score (nSPS) is 14.1. The minimum atomic E-state index is -0.637. The molecule has 2 spiro atoms. The van der Waals surface area contributed by atoms with Crippen LogP contribution in [0.25, 0.3) is 54.9 Å². The fraction of sp³-hybridized carbons (Fsp3) is 0.0286. The first-order valence-electron chi connectivity index (χ1n) is 25.2. The van der Waals surface area contributed by atoms with Gasteiger partial charge in [0.2, 0.25) is 0 Å². The molecule has 334 valence electrons. The fourth-order valence-corrected chi connectivity index (χ4v) is 14.0. The lowest BCUT2D eigenvalue weighted by Gasteiger charge is -2.47. The molecule has 0 saturated carbocycles. The van der Waals surface area contributed by atoms with Crippen molar-refractivity contribution in [2.24, 2.45) is 0 Å². The van der Waals surface area contributed by atoms with E-state index in [0.29, 0.717) is 0 Å². The van der Waals surface area contributed by atoms with Crippen LogP contribution in [-0.2, 0) is 10.8 Å². The van der Waals surface area contributed by atoms with Crippen LogP contribution in [0.1, 0.15) is 44.5 Å². The Labute approximate surface area is 419 Å². The number of hydrogen-bond donors (Lipinski definition) is 0. The van der Waals surface area contributed by atoms with E-state index >= 15 is 0 Å². The highest BCUT2D eigenvalue weighted by molar-refractivity contribution is 6.20. The maximum atomic E-state index is 2.56. The molecule has 72 heavy (non-hydrogen) atoms. The lowest BCUT2D eigenvalue weighted by molar-refractivity contribution is 0.751. The molecule has 0 amide bonds. The van der Waals surface area contributed by atoms with E-state index < -0.39 is 10.8 Å². The highest BCUT2D eigenvalue weighted by atomic mass is 15.1. The van der Waals surface area contributed by atoms with Crippen LogP contribution >= 0.6 is 0 Å². The zero-order chi connectivity index (χ0) is 47.1. The summed E-state index contributed by atoms with van der Waals surface area (Å²) in [6.07, 6.45) is 0. The summed E-state index contributed by atoms with van der Waals surface area (Å²) in [7, 11) is 0. The van der Waals surface area contributed by atoms with E-state index in [1.54, 1.807) is 0 Å². The van der Waals surface area contributed by atoms with Gasteiger partial charge in [0.25, 0.3) is 0 Å². The first-order valence-corrected chi connectivity index (χ1v) is 25.2. The molecule has 0 bridgehead atoms. The second-order valence-electron chi connectivity index (χ2n) is 19.9. The van der Waals surface area contributed by atoms with E-state index in [1.807, 2.05) is 0 Å². The average molecular weight is 913 g/mol. The molecule has 0 saturated heterocycles. The molecule has 4 aliphatic rings. The minimum Gasteiger partial charge on any atom is -0.310 e. The van der Waals surface area contributed by atoms with Crippen LogP contribution in [0.2, 0.25) is 0 Å². The molecule has 0 fully saturated rings. The second kappa shape index (κ2) is 14.6. The molecule has 0 atom stereocenters. The number of para-hydroxylation sites is 4. The molecule has 12 aromatic carbocycles. The van der Waals surface area contributed by atoms with Gasteiger partial charge in [0.05, 0.1) is 10.8 Å². The summed E-state index contributed by atoms with van der Waals surface area (Å²) >= 11 is 0. The van der Waals surface area contributed by atoms with Gasteiger partial charge < -0.3 is 9.80 Å². The summed E-state index contributed by atoms with van der Waals surface area (Å²) in [5, 5.41) is 5.12. The topological polar surface area (TPSA) is 6.48 Å². The van der Waals surface area contributed by atoms with Crippen molar-refractivity contribution >= 4 is 55.7 Å². The van der Waals surface area contributed by atoms with Gasteiger partial charge in [-0.25, -0.2) is 0 Å². The molecule has 16 rings (SSSR count). The van der Waals surface area contributed by atoms with E-state index in [0.717, 1.165) is 34.1 Å². The van der Waals surface area contributed by atoms with Crippen molar-refractivity contribution in [3.63, 3.8) is 0 Å². The fourth-order valence-electron chi connectivity index (χ4n) is 14.0. The van der Waals surface area contributed by atoms with Gasteiger partial charge in [-0.05, 0) is 172 Å². The van der Waals surface area contributed by atoms with Crippen molar-refractivity contribution < 1.29 is 0 Å². The van der Waals surface area contributed by atoms with E-state index in [4.69, 9.17) is 0 Å². The SMILES string of the molecule is c1ccc(N(c2ccccc2)c2cc3c4c5c(ccc4c2)C2(c4ccccc4-c4ccccc42)c2cc(N(c4ccccc4)c4ccccc4)cc4ccc(c-5c24)C32c3ccccc3-c3ccccc32)cc1. The summed E-state index contributed by atoms with van der Waals surface area (Å²) in [5.41, 5.74) is 24.0. The largest absolute Gasteiger partial charge is 0.310 e. The highest BCUT2D eigenvalue weighted by Crippen LogP contribution is 2.70. The van der Waals surface area contributed by atoms with Crippen molar-refractivity contribution in [2.75, 3.05) is 9.80 Å². The van der Waals surface area contributed by atoms with Crippen LogP contribution in [0.5, 0.6) is 0 Å². The third-order valence-electron chi connectivity index (χ3n) is 16.5. The Morgan fingerprint density at radius 3 is 0.792 bits per heavy atom. The summed E-state index contributed by atoms with van der Waals surface area (Å²) in [5.74, 6) is 0. The van der Waals surface area contributed by atoms with Gasteiger partial charge in [-0.1, -0.05) is 194 Å². The Morgan fingerprint density at radius 1 is 0.208 bits per heavy atom. The van der Waals surface area contributed by atoms with E-state index in [-0.39, 0.29) is 0 Å². The summed E-state index contributed by atoms with van der Waals surface area (Å²) in [4.78, 5) is 4.89. The van der Waals surface area contributed by atoms with E-state index in [1.165, 1.54) is 99.4 Å². The Kier molecular flexibility index (Phi) is 8.05. The predicted octanol–water partition coefficient (Wildman–Crippen LogP) is 18.0. The Morgan fingerprint density at radius 2 is 0.486 bits per heavy atom. The Hall–Kier alpha value is -9.24. The number of hydrogen-bond acceptors (Lipinski definition) is 2. The van der Waals surface area contributed by atoms with Gasteiger partial charge in [-0.15, -0.1) is 0 Å². The van der Waals surface area contributed by atoms with Crippen LogP contribution < -0.4 is 9.80 Å². The number of benzene rings is 12. The number of fused-ring (bicyclic) bond motifs is 14. The van der Waals surface area contributed by atoms with Crippen molar-refractivity contribution in [1.82, 2.24) is 0 Å². The molecule has 0 N–H and O–H groups in total. The number of rotatable bonds is 6. The van der Waals surface area contributed by atoms with Crippen LogP contribution in [0.15, 0.2) is 267 Å². The van der Waals surface area contributed by atoms with Crippen molar-refractivity contribution in [3.05, 3.63) is 311 Å². The zero-order valence-electron chi connectivity index (χ0n) is 39.3. The van der Waals surface area contributed by atoms with Crippen molar-refractivity contribution in [2.45, 2.75) is 10.8 Å². The zero-order valence-corrected chi connectivity index (χ0v) is 39.3. The molecule has 0 aromatic heterocycles. The third-order valence-corrected chi connectivity index (χ3v) is 16.5. The van der Waals surface area contributed by atoms with Gasteiger partial charge in [0.15, 0.2) is 0 Å². The third kappa shape index (κ3) is 4.98. The molecular formula is C70H44N2. The average Bonchev–Trinajstić information content (AvgIpc) is 3.91. The summed E-state index contributed by atoms with van der Waals surface area (Å²) in [6, 6.07) is 100. The van der Waals surface area contributed by atoms with Gasteiger partial charge in [-0.2, -0.15) is 0 Å². The van der Waals surface area contributed by atoms with Crippen LogP contribution in [0.3, 0.4) is 0 Å². The Balaban J connectivity index is 1.12. The predicted molar refractivity (Wildman–Crippen MR) is 298 cm³/mol. The van der Waals surface area contributed by atoms with Crippen LogP contribution in [-0.4, -0.2) is 0 Å². The maximum absolute atomic E-state index is 2.56. The molecular weight excluding hydrogens is 869 g/mol. The standard InChI is InChI=1S/C70H44N2/c1-5-21-47(22-6-1)71(48-23-7-2-8-24-48)51-41-45-37-39-62-67-65(45)63(43-51)69(57-33-17-13-29-53(57)54-30-14-18-34-58(54)69)61-40-38-46-42-52(72(49-25-9-3-10-26-49)50-27-11-4-12-28-50)44-64(66(46)68(61)67)70(62)59-35-19-15-31-55(59)56-32-16-20-36-60(56)70/h1-44H. The molecule has 2 nitrogen and oxygen atoms in total. The lowest BCUT2D eigenvalue weighted by atomic mass is 9.54. The van der Waals surface area contributed by atoms with E-state index in [9.17, 15) is 0 Å². The summed E-state index contributed by atoms with van der Waals surface area (Å²) in [6.45, 7) is 0. The smallest absolute Gasteiger partial charge is 0.0726 e. The number of anilines is 6. The Bertz CT molecular complexity index is 3770. The van der Waals surface area contributed by atoms with Gasteiger partial charge in [-0.3, -0.25) is 0 Å². The summed E-state index contributed by atoms with van der Waals surface area (Å²) < 4.78 is 0. The van der Waals surface area contributed by atoms with Crippen LogP contribution in [0, 0.1) is 0 Å². The molecule has 4 aliphatic carbocycles. The lowest BCUT2D eigenvalue weighted by Crippen LogP contribution is -2.37. The second-order valence-corrected chi connectivity index (χ2v) is 19.9. The van der Waals surface area contributed by atoms with Crippen molar-refractivity contribution in [1.29, 1.82) is 0 Å².